The number of rotatable bonds is 4. The molecule has 3 aromatic rings. The smallest absolute Gasteiger partial charge is 0.345 e. The molecule has 0 bridgehead atoms. The molecular weight excluding hydrogens is 436 g/mol. The number of pyridine rings is 1. The van der Waals surface area contributed by atoms with Gasteiger partial charge in [-0.3, -0.25) is 14.5 Å². The molecule has 9 nitrogen and oxygen atoms in total. The van der Waals surface area contributed by atoms with Gasteiger partial charge in [0.15, 0.2) is 5.56 Å². The number of carboxylic acids is 1. The van der Waals surface area contributed by atoms with Crippen LogP contribution in [0.1, 0.15) is 46.9 Å². The first kappa shape index (κ1) is 22.2. The predicted octanol–water partition coefficient (Wildman–Crippen LogP) is 2.14. The molecule has 2 aromatic heterocycles. The number of nitrogens with zero attached hydrogens (tertiary/aromatic N) is 2. The summed E-state index contributed by atoms with van der Waals surface area (Å²) in [6.07, 6.45) is 2.91. The maximum Gasteiger partial charge on any atom is 0.345 e. The number of aromatic nitrogens is 2. The number of hydrogen-bond donors (Lipinski definition) is 4. The van der Waals surface area contributed by atoms with Crippen LogP contribution >= 0.6 is 0 Å². The van der Waals surface area contributed by atoms with E-state index in [2.05, 4.69) is 31.9 Å². The zero-order valence-corrected chi connectivity index (χ0v) is 19.3. The highest BCUT2D eigenvalue weighted by Gasteiger charge is 2.27. The number of hydrogen-bond acceptors (Lipinski definition) is 5. The average molecular weight is 465 g/mol. The van der Waals surface area contributed by atoms with E-state index in [1.54, 1.807) is 6.92 Å². The molecule has 1 unspecified atom stereocenters. The van der Waals surface area contributed by atoms with Gasteiger partial charge in [0.2, 0.25) is 5.91 Å². The third-order valence-corrected chi connectivity index (χ3v) is 7.08. The van der Waals surface area contributed by atoms with Crippen molar-refractivity contribution in [1.29, 1.82) is 0 Å². The standard InChI is InChI=1S/C25H28N4O5/c1-13(30)26-16-6-7-29(11-16)12-17-8-15-9-19-14(10-20(15)28(17)2)4-3-5-18-22(19)27-24(32)21(23(18)31)25(33)34/h8-10,16H,3-7,11-12H2,1-2H3,(H,26,30)(H,33,34)(H2,27,31,32). The maximum absolute atomic E-state index is 12.5. The van der Waals surface area contributed by atoms with Crippen molar-refractivity contribution in [3.8, 4) is 17.0 Å². The Balaban J connectivity index is 1.53. The Bertz CT molecular complexity index is 1390. The molecule has 1 aromatic carbocycles. The van der Waals surface area contributed by atoms with Gasteiger partial charge in [0, 0.05) is 67.4 Å². The number of aromatic hydroxyl groups is 1. The second-order valence-electron chi connectivity index (χ2n) is 9.37. The van der Waals surface area contributed by atoms with Crippen LogP contribution < -0.4 is 10.9 Å². The predicted molar refractivity (Wildman–Crippen MR) is 127 cm³/mol. The number of carbonyl (C=O) groups is 2. The molecule has 178 valence electrons. The molecule has 1 saturated heterocycles. The highest BCUT2D eigenvalue weighted by molar-refractivity contribution is 5.93. The zero-order valence-electron chi connectivity index (χ0n) is 19.3. The molecule has 4 N–H and O–H groups in total. The van der Waals surface area contributed by atoms with E-state index in [4.69, 9.17) is 0 Å². The summed E-state index contributed by atoms with van der Waals surface area (Å²) >= 11 is 0. The summed E-state index contributed by atoms with van der Waals surface area (Å²) in [5.41, 5.74) is 3.70. The van der Waals surface area contributed by atoms with Crippen LogP contribution in [0.2, 0.25) is 0 Å². The van der Waals surface area contributed by atoms with Crippen LogP contribution in [0.4, 0.5) is 0 Å². The minimum Gasteiger partial charge on any atom is -0.506 e. The van der Waals surface area contributed by atoms with Gasteiger partial charge in [-0.25, -0.2) is 4.79 Å². The number of benzene rings is 1. The second kappa shape index (κ2) is 8.32. The third kappa shape index (κ3) is 3.75. The molecular formula is C25H28N4O5. The van der Waals surface area contributed by atoms with E-state index in [0.29, 0.717) is 17.7 Å². The highest BCUT2D eigenvalue weighted by Crippen LogP contribution is 2.38. The summed E-state index contributed by atoms with van der Waals surface area (Å²) in [4.78, 5) is 40.4. The summed E-state index contributed by atoms with van der Waals surface area (Å²) in [5, 5.41) is 24.0. The van der Waals surface area contributed by atoms with Crippen molar-refractivity contribution in [2.75, 3.05) is 13.1 Å². The van der Waals surface area contributed by atoms with Gasteiger partial charge < -0.3 is 25.1 Å². The summed E-state index contributed by atoms with van der Waals surface area (Å²) in [5.74, 6) is -1.87. The number of nitrogens with one attached hydrogen (secondary N) is 2. The number of aryl methyl sites for hydroxylation is 2. The van der Waals surface area contributed by atoms with E-state index in [9.17, 15) is 24.6 Å². The summed E-state index contributed by atoms with van der Waals surface area (Å²) in [7, 11) is 2.04. The Morgan fingerprint density at radius 3 is 2.76 bits per heavy atom. The Kier molecular flexibility index (Phi) is 5.44. The molecule has 0 saturated carbocycles. The third-order valence-electron chi connectivity index (χ3n) is 7.08. The number of amides is 1. The van der Waals surface area contributed by atoms with Crippen LogP contribution in [0.25, 0.3) is 22.2 Å². The van der Waals surface area contributed by atoms with E-state index in [-0.39, 0.29) is 11.9 Å². The summed E-state index contributed by atoms with van der Waals surface area (Å²) in [6, 6.07) is 6.47. The lowest BCUT2D eigenvalue weighted by atomic mass is 9.98. The van der Waals surface area contributed by atoms with Crippen molar-refractivity contribution in [3.05, 3.63) is 50.9 Å². The quantitative estimate of drug-likeness (QED) is 0.468. The molecule has 34 heavy (non-hydrogen) atoms. The van der Waals surface area contributed by atoms with Gasteiger partial charge in [0.1, 0.15) is 5.75 Å². The lowest BCUT2D eigenvalue weighted by Crippen LogP contribution is -2.35. The molecule has 0 radical (unpaired) electrons. The Morgan fingerprint density at radius 1 is 1.24 bits per heavy atom. The van der Waals surface area contributed by atoms with Gasteiger partial charge in [0.25, 0.3) is 5.56 Å². The zero-order chi connectivity index (χ0) is 24.1. The topological polar surface area (TPSA) is 128 Å². The fourth-order valence-corrected chi connectivity index (χ4v) is 5.44. The number of H-pyrrole nitrogens is 1. The monoisotopic (exact) mass is 464 g/mol. The van der Waals surface area contributed by atoms with Crippen LogP contribution in [0.15, 0.2) is 23.0 Å². The van der Waals surface area contributed by atoms with Crippen molar-refractivity contribution in [3.63, 3.8) is 0 Å². The number of aromatic carboxylic acids is 1. The van der Waals surface area contributed by atoms with Gasteiger partial charge >= 0.3 is 5.97 Å². The van der Waals surface area contributed by atoms with E-state index in [1.807, 2.05) is 13.1 Å². The average Bonchev–Trinajstić information content (AvgIpc) is 3.26. The normalized spacial score (nSPS) is 17.9. The minimum absolute atomic E-state index is 0.00205. The molecule has 2 aliphatic rings. The molecule has 9 heteroatoms. The van der Waals surface area contributed by atoms with Crippen molar-refractivity contribution in [1.82, 2.24) is 19.8 Å². The number of fused-ring (bicyclic) bond motifs is 4. The second-order valence-corrected chi connectivity index (χ2v) is 9.37. The molecule has 1 aliphatic carbocycles. The fraction of sp³-hybridized carbons (Fsp3) is 0.400. The summed E-state index contributed by atoms with van der Waals surface area (Å²) < 4.78 is 2.18. The van der Waals surface area contributed by atoms with Crippen molar-refractivity contribution >= 4 is 22.8 Å². The maximum atomic E-state index is 12.5. The number of likely N-dealkylation sites (tertiary alicyclic amines) is 1. The van der Waals surface area contributed by atoms with Crippen molar-refractivity contribution in [2.45, 2.75) is 45.2 Å². The first-order chi connectivity index (χ1) is 16.2. The molecule has 5 rings (SSSR count). The number of carboxylic acid groups (broad SMARTS) is 1. The van der Waals surface area contributed by atoms with E-state index < -0.39 is 22.8 Å². The molecule has 1 fully saturated rings. The largest absolute Gasteiger partial charge is 0.506 e. The molecule has 0 spiro atoms. The van der Waals surface area contributed by atoms with E-state index in [0.717, 1.165) is 66.6 Å². The van der Waals surface area contributed by atoms with Crippen molar-refractivity contribution in [2.24, 2.45) is 7.05 Å². The summed E-state index contributed by atoms with van der Waals surface area (Å²) in [6.45, 7) is 4.05. The van der Waals surface area contributed by atoms with Crippen LogP contribution in [0, 0.1) is 0 Å². The first-order valence-electron chi connectivity index (χ1n) is 11.6. The van der Waals surface area contributed by atoms with Gasteiger partial charge in [-0.15, -0.1) is 0 Å². The first-order valence-corrected chi connectivity index (χ1v) is 11.6. The lowest BCUT2D eigenvalue weighted by Gasteiger charge is -2.17. The Labute approximate surface area is 196 Å². The van der Waals surface area contributed by atoms with Crippen LogP contribution in [0.5, 0.6) is 5.75 Å². The number of aromatic amines is 1. The van der Waals surface area contributed by atoms with Crippen LogP contribution in [0.3, 0.4) is 0 Å². The number of carbonyl (C=O) groups excluding carboxylic acids is 1. The van der Waals surface area contributed by atoms with Crippen LogP contribution in [-0.2, 0) is 31.2 Å². The lowest BCUT2D eigenvalue weighted by molar-refractivity contribution is -0.119. The Morgan fingerprint density at radius 2 is 2.03 bits per heavy atom. The van der Waals surface area contributed by atoms with Crippen LogP contribution in [-0.4, -0.2) is 55.7 Å². The highest BCUT2D eigenvalue weighted by atomic mass is 16.4. The van der Waals surface area contributed by atoms with E-state index >= 15 is 0 Å². The van der Waals surface area contributed by atoms with E-state index in [1.165, 1.54) is 0 Å². The fourth-order valence-electron chi connectivity index (χ4n) is 5.44. The van der Waals surface area contributed by atoms with Gasteiger partial charge in [-0.2, -0.15) is 0 Å². The van der Waals surface area contributed by atoms with Gasteiger partial charge in [-0.05, 0) is 49.4 Å². The minimum atomic E-state index is -1.43. The molecule has 1 amide bonds. The van der Waals surface area contributed by atoms with Crippen molar-refractivity contribution < 1.29 is 19.8 Å². The molecule has 3 heterocycles. The van der Waals surface area contributed by atoms with Gasteiger partial charge in [-0.1, -0.05) is 0 Å². The Hall–Kier alpha value is -3.59. The molecule has 1 aliphatic heterocycles. The molecule has 1 atom stereocenters. The SMILES string of the molecule is CC(=O)NC1CCN(Cc2cc3cc4c(cc3n2C)CCCc2c-4[nH]c(=O)c(C(=O)O)c2O)C1. The van der Waals surface area contributed by atoms with Gasteiger partial charge in [0.05, 0.1) is 5.69 Å².